The summed E-state index contributed by atoms with van der Waals surface area (Å²) in [5.41, 5.74) is 0. The van der Waals surface area contributed by atoms with Crippen molar-refractivity contribution in [3.8, 4) is 0 Å². The van der Waals surface area contributed by atoms with Crippen molar-refractivity contribution in [3.63, 3.8) is 0 Å². The number of carbonyl (C=O) groups excluding carboxylic acids is 1. The summed E-state index contributed by atoms with van der Waals surface area (Å²) in [4.78, 5) is 24.6. The zero-order valence-electron chi connectivity index (χ0n) is 10.8. The van der Waals surface area contributed by atoms with Crippen LogP contribution in [0.25, 0.3) is 0 Å². The zero-order chi connectivity index (χ0) is 13.3. The highest BCUT2D eigenvalue weighted by molar-refractivity contribution is 8.00. The SMILES string of the molecule is CSC1(CNC(=O)N2C[C@@H](C)[C@H](C(=O)O)C2)CC1. The number of amides is 2. The molecule has 0 aromatic heterocycles. The van der Waals surface area contributed by atoms with Gasteiger partial charge in [-0.3, -0.25) is 4.79 Å². The van der Waals surface area contributed by atoms with Crippen LogP contribution in [-0.4, -0.2) is 52.6 Å². The maximum absolute atomic E-state index is 12.0. The van der Waals surface area contributed by atoms with E-state index in [1.54, 1.807) is 16.7 Å². The van der Waals surface area contributed by atoms with Gasteiger partial charge in [0.2, 0.25) is 0 Å². The molecule has 0 spiro atoms. The van der Waals surface area contributed by atoms with Crippen molar-refractivity contribution < 1.29 is 14.7 Å². The van der Waals surface area contributed by atoms with E-state index in [0.29, 0.717) is 19.6 Å². The number of thioether (sulfide) groups is 1. The van der Waals surface area contributed by atoms with Gasteiger partial charge in [0.05, 0.1) is 5.92 Å². The van der Waals surface area contributed by atoms with Crippen LogP contribution in [0.4, 0.5) is 4.79 Å². The predicted molar refractivity (Wildman–Crippen MR) is 70.7 cm³/mol. The Morgan fingerprint density at radius 2 is 2.11 bits per heavy atom. The highest BCUT2D eigenvalue weighted by Crippen LogP contribution is 2.46. The van der Waals surface area contributed by atoms with Gasteiger partial charge in [-0.05, 0) is 25.0 Å². The number of likely N-dealkylation sites (tertiary alicyclic amines) is 1. The second-order valence-electron chi connectivity index (χ2n) is 5.37. The largest absolute Gasteiger partial charge is 0.481 e. The van der Waals surface area contributed by atoms with E-state index < -0.39 is 11.9 Å². The van der Waals surface area contributed by atoms with Crippen molar-refractivity contribution in [3.05, 3.63) is 0 Å². The van der Waals surface area contributed by atoms with E-state index in [-0.39, 0.29) is 16.7 Å². The minimum absolute atomic E-state index is 0.0312. The molecule has 1 aliphatic heterocycles. The van der Waals surface area contributed by atoms with E-state index in [2.05, 4.69) is 11.6 Å². The molecule has 2 fully saturated rings. The van der Waals surface area contributed by atoms with Gasteiger partial charge in [-0.15, -0.1) is 0 Å². The van der Waals surface area contributed by atoms with Gasteiger partial charge in [0, 0.05) is 24.4 Å². The van der Waals surface area contributed by atoms with Gasteiger partial charge in [-0.25, -0.2) is 4.79 Å². The average molecular weight is 272 g/mol. The van der Waals surface area contributed by atoms with Crippen LogP contribution < -0.4 is 5.32 Å². The first-order valence-electron chi connectivity index (χ1n) is 6.28. The molecule has 0 aromatic carbocycles. The molecule has 1 saturated heterocycles. The number of aliphatic carboxylic acids is 1. The number of urea groups is 1. The highest BCUT2D eigenvalue weighted by atomic mass is 32.2. The fourth-order valence-corrected chi connectivity index (χ4v) is 3.12. The number of hydrogen-bond donors (Lipinski definition) is 2. The van der Waals surface area contributed by atoms with Crippen LogP contribution in [0.2, 0.25) is 0 Å². The molecule has 18 heavy (non-hydrogen) atoms. The average Bonchev–Trinajstić information content (AvgIpc) is 3.01. The maximum atomic E-state index is 12.0. The minimum atomic E-state index is -0.805. The molecule has 1 saturated carbocycles. The lowest BCUT2D eigenvalue weighted by molar-refractivity contribution is -0.142. The van der Waals surface area contributed by atoms with Crippen LogP contribution in [0.5, 0.6) is 0 Å². The third kappa shape index (κ3) is 2.74. The van der Waals surface area contributed by atoms with Crippen LogP contribution in [-0.2, 0) is 4.79 Å². The Labute approximate surface area is 111 Å². The van der Waals surface area contributed by atoms with Gasteiger partial charge >= 0.3 is 12.0 Å². The summed E-state index contributed by atoms with van der Waals surface area (Å²) in [6, 6.07) is -0.120. The van der Waals surface area contributed by atoms with Crippen molar-refractivity contribution in [2.75, 3.05) is 25.9 Å². The fraction of sp³-hybridized carbons (Fsp3) is 0.833. The number of nitrogens with one attached hydrogen (secondary N) is 1. The maximum Gasteiger partial charge on any atom is 0.317 e. The normalized spacial score (nSPS) is 29.1. The first-order chi connectivity index (χ1) is 8.47. The smallest absolute Gasteiger partial charge is 0.317 e. The lowest BCUT2D eigenvalue weighted by Crippen LogP contribution is -2.42. The summed E-state index contributed by atoms with van der Waals surface area (Å²) < 4.78 is 0.243. The van der Waals surface area contributed by atoms with Crippen LogP contribution >= 0.6 is 11.8 Å². The Hall–Kier alpha value is -0.910. The van der Waals surface area contributed by atoms with Crippen molar-refractivity contribution in [2.45, 2.75) is 24.5 Å². The van der Waals surface area contributed by atoms with Crippen LogP contribution in [0, 0.1) is 11.8 Å². The van der Waals surface area contributed by atoms with Crippen molar-refractivity contribution in [1.29, 1.82) is 0 Å². The second kappa shape index (κ2) is 4.99. The molecule has 2 atom stereocenters. The fourth-order valence-electron chi connectivity index (χ4n) is 2.40. The molecule has 0 radical (unpaired) electrons. The number of rotatable bonds is 4. The van der Waals surface area contributed by atoms with Gasteiger partial charge in [0.15, 0.2) is 0 Å². The monoisotopic (exact) mass is 272 g/mol. The van der Waals surface area contributed by atoms with Crippen molar-refractivity contribution >= 4 is 23.8 Å². The van der Waals surface area contributed by atoms with E-state index in [1.165, 1.54) is 0 Å². The summed E-state index contributed by atoms with van der Waals surface area (Å²) in [7, 11) is 0. The molecule has 1 aliphatic carbocycles. The number of carbonyl (C=O) groups is 2. The summed E-state index contributed by atoms with van der Waals surface area (Å²) in [5, 5.41) is 12.0. The third-order valence-electron chi connectivity index (χ3n) is 4.02. The molecule has 2 rings (SSSR count). The van der Waals surface area contributed by atoms with Crippen molar-refractivity contribution in [2.24, 2.45) is 11.8 Å². The predicted octanol–water partition coefficient (Wildman–Crippen LogP) is 1.24. The molecule has 6 heteroatoms. The van der Waals surface area contributed by atoms with Gasteiger partial charge in [-0.1, -0.05) is 6.92 Å². The summed E-state index contributed by atoms with van der Waals surface area (Å²) in [6.45, 7) is 3.44. The number of carboxylic acid groups (broad SMARTS) is 1. The molecule has 2 amide bonds. The van der Waals surface area contributed by atoms with Crippen LogP contribution in [0.15, 0.2) is 0 Å². The minimum Gasteiger partial charge on any atom is -0.481 e. The third-order valence-corrected chi connectivity index (χ3v) is 5.44. The molecular formula is C12H20N2O3S. The number of hydrogen-bond acceptors (Lipinski definition) is 3. The molecule has 5 nitrogen and oxygen atoms in total. The highest BCUT2D eigenvalue weighted by Gasteiger charge is 2.43. The van der Waals surface area contributed by atoms with Gasteiger partial charge in [0.1, 0.15) is 0 Å². The van der Waals surface area contributed by atoms with E-state index in [1.807, 2.05) is 6.92 Å². The molecule has 0 unspecified atom stereocenters. The van der Waals surface area contributed by atoms with Gasteiger partial charge < -0.3 is 15.3 Å². The summed E-state index contributed by atoms with van der Waals surface area (Å²) in [5.74, 6) is -1.20. The zero-order valence-corrected chi connectivity index (χ0v) is 11.6. The van der Waals surface area contributed by atoms with Crippen molar-refractivity contribution in [1.82, 2.24) is 10.2 Å². The Bertz CT molecular complexity index is 357. The molecule has 0 aromatic rings. The number of carboxylic acids is 1. The Balaban J connectivity index is 1.82. The molecule has 102 valence electrons. The van der Waals surface area contributed by atoms with Gasteiger partial charge in [0.25, 0.3) is 0 Å². The lowest BCUT2D eigenvalue weighted by Gasteiger charge is -2.19. The first kappa shape index (κ1) is 13.5. The Morgan fingerprint density at radius 3 is 2.56 bits per heavy atom. The first-order valence-corrected chi connectivity index (χ1v) is 7.51. The van der Waals surface area contributed by atoms with Crippen LogP contribution in [0.3, 0.4) is 0 Å². The van der Waals surface area contributed by atoms with E-state index in [4.69, 9.17) is 5.11 Å². The molecule has 2 aliphatic rings. The molecule has 1 heterocycles. The molecule has 0 bridgehead atoms. The van der Waals surface area contributed by atoms with E-state index in [0.717, 1.165) is 12.8 Å². The Morgan fingerprint density at radius 1 is 1.44 bits per heavy atom. The topological polar surface area (TPSA) is 69.6 Å². The second-order valence-corrected chi connectivity index (χ2v) is 6.65. The summed E-state index contributed by atoms with van der Waals surface area (Å²) >= 11 is 1.80. The van der Waals surface area contributed by atoms with Crippen LogP contribution in [0.1, 0.15) is 19.8 Å². The van der Waals surface area contributed by atoms with E-state index >= 15 is 0 Å². The molecule has 2 N–H and O–H groups in total. The van der Waals surface area contributed by atoms with Gasteiger partial charge in [-0.2, -0.15) is 11.8 Å². The summed E-state index contributed by atoms with van der Waals surface area (Å²) in [6.07, 6.45) is 4.38. The lowest BCUT2D eigenvalue weighted by atomic mass is 9.99. The standard InChI is InChI=1S/C12H20N2O3S/c1-8-5-14(6-9(8)10(15)16)11(17)13-7-12(18-2)3-4-12/h8-9H,3-7H2,1-2H3,(H,13,17)(H,15,16)/t8-,9-/m1/s1. The number of nitrogens with zero attached hydrogens (tertiary/aromatic N) is 1. The quantitative estimate of drug-likeness (QED) is 0.808. The molecular weight excluding hydrogens is 252 g/mol. The van der Waals surface area contributed by atoms with E-state index in [9.17, 15) is 9.59 Å². The Kier molecular flexibility index (Phi) is 3.75.